The van der Waals surface area contributed by atoms with E-state index in [4.69, 9.17) is 26.4 Å². The molecule has 2 atom stereocenters. The third-order valence-corrected chi connectivity index (χ3v) is 6.23. The fourth-order valence-electron chi connectivity index (χ4n) is 4.53. The summed E-state index contributed by atoms with van der Waals surface area (Å²) in [5.41, 5.74) is 2.28. The predicted octanol–water partition coefficient (Wildman–Crippen LogP) is 1.50. The van der Waals surface area contributed by atoms with Crippen molar-refractivity contribution in [1.82, 2.24) is 9.55 Å². The van der Waals surface area contributed by atoms with Gasteiger partial charge in [0.1, 0.15) is 5.56 Å². The highest BCUT2D eigenvalue weighted by atomic mass is 32.1. The first-order valence-corrected chi connectivity index (χ1v) is 10.4. The summed E-state index contributed by atoms with van der Waals surface area (Å²) in [5, 5.41) is 11.3. The molecule has 31 heavy (non-hydrogen) atoms. The molecule has 0 spiro atoms. The van der Waals surface area contributed by atoms with E-state index in [0.717, 1.165) is 29.0 Å². The second-order valence-electron chi connectivity index (χ2n) is 7.66. The summed E-state index contributed by atoms with van der Waals surface area (Å²) < 4.78 is 18.6. The van der Waals surface area contributed by atoms with Gasteiger partial charge in [-0.3, -0.25) is 14.3 Å². The van der Waals surface area contributed by atoms with Crippen LogP contribution in [0.3, 0.4) is 0 Å². The summed E-state index contributed by atoms with van der Waals surface area (Å²) in [6.45, 7) is 0.882. The molecule has 0 radical (unpaired) electrons. The van der Waals surface area contributed by atoms with E-state index in [-0.39, 0.29) is 23.0 Å². The molecule has 0 bridgehead atoms. The van der Waals surface area contributed by atoms with Crippen molar-refractivity contribution in [3.05, 3.63) is 68.2 Å². The topological polar surface area (TPSA) is 90.2 Å². The number of aromatic hydroxyl groups is 1. The van der Waals surface area contributed by atoms with Crippen molar-refractivity contribution in [1.29, 1.82) is 0 Å². The molecule has 0 saturated heterocycles. The molecular weight excluding hydrogens is 418 g/mol. The third-order valence-electron chi connectivity index (χ3n) is 5.94. The molecule has 0 amide bonds. The van der Waals surface area contributed by atoms with Crippen LogP contribution in [0.1, 0.15) is 22.7 Å². The Morgan fingerprint density at radius 3 is 2.77 bits per heavy atom. The van der Waals surface area contributed by atoms with Crippen molar-refractivity contribution in [2.24, 2.45) is 0 Å². The second kappa shape index (κ2) is 7.44. The summed E-state index contributed by atoms with van der Waals surface area (Å²) in [5.74, 6) is 1.50. The van der Waals surface area contributed by atoms with Crippen molar-refractivity contribution < 1.29 is 24.2 Å². The van der Waals surface area contributed by atoms with E-state index in [1.54, 1.807) is 7.11 Å². The molecule has 2 aliphatic heterocycles. The van der Waals surface area contributed by atoms with Crippen LogP contribution < -0.4 is 24.7 Å². The lowest BCUT2D eigenvalue weighted by Crippen LogP contribution is -3.10. The number of aromatic nitrogens is 2. The highest BCUT2D eigenvalue weighted by Gasteiger charge is 2.41. The zero-order valence-corrected chi connectivity index (χ0v) is 17.9. The van der Waals surface area contributed by atoms with E-state index in [2.05, 4.69) is 4.98 Å². The lowest BCUT2D eigenvalue weighted by Gasteiger charge is -2.33. The predicted molar refractivity (Wildman–Crippen MR) is 115 cm³/mol. The number of quaternary nitrogens is 1. The number of para-hydroxylation sites is 1. The van der Waals surface area contributed by atoms with Crippen molar-refractivity contribution in [2.75, 3.05) is 27.5 Å². The van der Waals surface area contributed by atoms with Crippen molar-refractivity contribution in [2.45, 2.75) is 12.5 Å². The fraction of sp³-hybridized carbons (Fsp3) is 0.273. The highest BCUT2D eigenvalue weighted by Crippen LogP contribution is 2.48. The standard InChI is InChI=1S/C22H21N3O5S/c1-24-9-8-12-10-14-18(30-11-29-14)19(28-2)15(12)17(24)16-20(26)23-22(31)25(21(16)27)13-6-4-3-5-7-13/h3-7,10,17,27H,8-9,11H2,1-2H3,(H,23,26,31)/p+1/t17-/m0/s1. The zero-order chi connectivity index (χ0) is 21.7. The van der Waals surface area contributed by atoms with Crippen LogP contribution in [0, 0.1) is 4.77 Å². The molecule has 2 aliphatic rings. The van der Waals surface area contributed by atoms with Gasteiger partial charge < -0.3 is 24.2 Å². The summed E-state index contributed by atoms with van der Waals surface area (Å²) in [7, 11) is 3.56. The van der Waals surface area contributed by atoms with Crippen LogP contribution in [0.4, 0.5) is 0 Å². The van der Waals surface area contributed by atoms with E-state index in [0.29, 0.717) is 22.9 Å². The number of ether oxygens (including phenoxy) is 3. The van der Waals surface area contributed by atoms with Gasteiger partial charge in [-0.05, 0) is 36.0 Å². The van der Waals surface area contributed by atoms with Crippen molar-refractivity contribution in [3.63, 3.8) is 0 Å². The number of hydrogen-bond acceptors (Lipinski definition) is 6. The molecule has 0 fully saturated rings. The molecule has 5 rings (SSSR count). The first-order valence-electron chi connectivity index (χ1n) is 9.96. The SMILES string of the molecule is COc1c2c(cc3c1[C@@H](c1c(O)n(-c4ccccc4)c(=S)[nH]c1=O)[NH+](C)CC3)OCO2. The normalized spacial score (nSPS) is 19.2. The van der Waals surface area contributed by atoms with Gasteiger partial charge in [0, 0.05) is 6.42 Å². The second-order valence-corrected chi connectivity index (χ2v) is 8.05. The number of nitrogens with zero attached hydrogens (tertiary/aromatic N) is 1. The monoisotopic (exact) mass is 440 g/mol. The van der Waals surface area contributed by atoms with E-state index in [9.17, 15) is 9.90 Å². The Morgan fingerprint density at radius 2 is 2.03 bits per heavy atom. The molecule has 3 heterocycles. The number of likely N-dealkylation sites (N-methyl/N-ethyl adjacent to an activating group) is 1. The number of fused-ring (bicyclic) bond motifs is 2. The molecular formula is C22H22N3O5S+. The first kappa shape index (κ1) is 19.7. The fourth-order valence-corrected chi connectivity index (χ4v) is 4.82. The van der Waals surface area contributed by atoms with E-state index < -0.39 is 11.6 Å². The van der Waals surface area contributed by atoms with E-state index >= 15 is 0 Å². The minimum Gasteiger partial charge on any atom is -0.494 e. The molecule has 9 heteroatoms. The Balaban J connectivity index is 1.80. The largest absolute Gasteiger partial charge is 0.494 e. The van der Waals surface area contributed by atoms with Crippen LogP contribution in [0.25, 0.3) is 5.69 Å². The third kappa shape index (κ3) is 3.00. The number of hydrogen-bond donors (Lipinski definition) is 3. The summed E-state index contributed by atoms with van der Waals surface area (Å²) in [6, 6.07) is 10.7. The quantitative estimate of drug-likeness (QED) is 0.535. The molecule has 2 aromatic carbocycles. The molecule has 3 N–H and O–H groups in total. The van der Waals surface area contributed by atoms with Gasteiger partial charge in [-0.2, -0.15) is 0 Å². The maximum absolute atomic E-state index is 13.1. The van der Waals surface area contributed by atoms with Crippen LogP contribution in [-0.2, 0) is 6.42 Å². The summed E-state index contributed by atoms with van der Waals surface area (Å²) >= 11 is 5.37. The van der Waals surface area contributed by atoms with Crippen LogP contribution in [0.2, 0.25) is 0 Å². The molecule has 0 aliphatic carbocycles. The van der Waals surface area contributed by atoms with Gasteiger partial charge in [0.25, 0.3) is 5.56 Å². The average molecular weight is 441 g/mol. The van der Waals surface area contributed by atoms with Crippen LogP contribution in [0.15, 0.2) is 41.2 Å². The minimum atomic E-state index is -0.484. The lowest BCUT2D eigenvalue weighted by atomic mass is 9.87. The molecule has 8 nitrogen and oxygen atoms in total. The number of methoxy groups -OCH3 is 1. The number of nitrogens with one attached hydrogen (secondary N) is 2. The maximum Gasteiger partial charge on any atom is 0.265 e. The Morgan fingerprint density at radius 1 is 1.26 bits per heavy atom. The molecule has 1 aromatic heterocycles. The Hall–Kier alpha value is -3.30. The lowest BCUT2D eigenvalue weighted by molar-refractivity contribution is -0.908. The Bertz CT molecular complexity index is 1290. The molecule has 3 aromatic rings. The van der Waals surface area contributed by atoms with Crippen LogP contribution >= 0.6 is 12.2 Å². The van der Waals surface area contributed by atoms with Crippen LogP contribution in [0.5, 0.6) is 23.1 Å². The molecule has 1 unspecified atom stereocenters. The van der Waals surface area contributed by atoms with Gasteiger partial charge >= 0.3 is 0 Å². The highest BCUT2D eigenvalue weighted by molar-refractivity contribution is 7.71. The Labute approximate surface area is 183 Å². The van der Waals surface area contributed by atoms with Gasteiger partial charge in [0.2, 0.25) is 18.4 Å². The van der Waals surface area contributed by atoms with Crippen molar-refractivity contribution in [3.8, 4) is 28.8 Å². The summed E-state index contributed by atoms with van der Waals surface area (Å²) in [6.07, 6.45) is 0.779. The Kier molecular flexibility index (Phi) is 4.71. The number of rotatable bonds is 3. The minimum absolute atomic E-state index is 0.117. The van der Waals surface area contributed by atoms with Crippen molar-refractivity contribution >= 4 is 12.2 Å². The van der Waals surface area contributed by atoms with Gasteiger partial charge in [-0.15, -0.1) is 0 Å². The zero-order valence-electron chi connectivity index (χ0n) is 17.1. The number of H-pyrrole nitrogens is 1. The summed E-state index contributed by atoms with van der Waals surface area (Å²) in [4.78, 5) is 16.9. The molecule has 0 saturated carbocycles. The van der Waals surface area contributed by atoms with Gasteiger partial charge in [-0.1, -0.05) is 18.2 Å². The molecule has 160 valence electrons. The smallest absolute Gasteiger partial charge is 0.265 e. The van der Waals surface area contributed by atoms with E-state index in [1.165, 1.54) is 4.57 Å². The van der Waals surface area contributed by atoms with E-state index in [1.807, 2.05) is 43.4 Å². The first-order chi connectivity index (χ1) is 15.0. The maximum atomic E-state index is 13.1. The van der Waals surface area contributed by atoms with Crippen LogP contribution in [-0.4, -0.2) is 42.2 Å². The average Bonchev–Trinajstić information content (AvgIpc) is 3.22. The van der Waals surface area contributed by atoms with Gasteiger partial charge in [0.05, 0.1) is 32.0 Å². The van der Waals surface area contributed by atoms with Gasteiger partial charge in [0.15, 0.2) is 22.3 Å². The number of benzene rings is 2. The number of aromatic amines is 1. The van der Waals surface area contributed by atoms with Gasteiger partial charge in [-0.25, -0.2) is 0 Å².